The van der Waals surface area contributed by atoms with Crippen molar-refractivity contribution in [3.63, 3.8) is 0 Å². The fourth-order valence-corrected chi connectivity index (χ4v) is 2.98. The molecule has 0 aliphatic carbocycles. The molecular weight excluding hydrogens is 320 g/mol. The predicted molar refractivity (Wildman–Crippen MR) is 95.5 cm³/mol. The summed E-state index contributed by atoms with van der Waals surface area (Å²) in [6.45, 7) is 6.84. The molecule has 1 aliphatic heterocycles. The minimum Gasteiger partial charge on any atom is -0.492 e. The van der Waals surface area contributed by atoms with Crippen molar-refractivity contribution in [2.45, 2.75) is 26.7 Å². The Morgan fingerprint density at radius 3 is 2.96 bits per heavy atom. The molecule has 6 heteroatoms. The number of hydrogen-bond acceptors (Lipinski definition) is 5. The molecule has 25 heavy (non-hydrogen) atoms. The van der Waals surface area contributed by atoms with Gasteiger partial charge in [0.2, 0.25) is 5.91 Å². The Morgan fingerprint density at radius 1 is 1.36 bits per heavy atom. The van der Waals surface area contributed by atoms with Crippen LogP contribution in [0.1, 0.15) is 25.3 Å². The molecule has 2 rings (SSSR count). The van der Waals surface area contributed by atoms with Crippen LogP contribution in [-0.2, 0) is 14.3 Å². The number of benzene rings is 1. The van der Waals surface area contributed by atoms with Crippen LogP contribution in [0.4, 0.5) is 0 Å². The Hall–Kier alpha value is -2.08. The summed E-state index contributed by atoms with van der Waals surface area (Å²) in [5.41, 5.74) is 1.14. The van der Waals surface area contributed by atoms with Gasteiger partial charge in [0.05, 0.1) is 25.6 Å². The first kappa shape index (κ1) is 19.2. The number of carbonyl (C=O) groups is 2. The van der Waals surface area contributed by atoms with Crippen LogP contribution in [0.2, 0.25) is 0 Å². The van der Waals surface area contributed by atoms with Crippen molar-refractivity contribution in [3.05, 3.63) is 29.8 Å². The van der Waals surface area contributed by atoms with Crippen LogP contribution >= 0.6 is 0 Å². The molecule has 1 aromatic rings. The minimum absolute atomic E-state index is 0.0441. The van der Waals surface area contributed by atoms with Gasteiger partial charge in [-0.2, -0.15) is 0 Å². The highest BCUT2D eigenvalue weighted by molar-refractivity contribution is 5.78. The standard InChI is InChI=1S/C19H28N2O4/c1-3-24-19(23)16-7-5-10-21(13-16)14-18(22)20-9-11-25-17-8-4-6-15(2)12-17/h4,6,8,12,16H,3,5,7,9-11,13-14H2,1-2H3,(H,20,22)/t16-/m1/s1. The summed E-state index contributed by atoms with van der Waals surface area (Å²) in [7, 11) is 0. The lowest BCUT2D eigenvalue weighted by Crippen LogP contribution is -2.45. The Bertz CT molecular complexity index is 576. The second-order valence-electron chi connectivity index (χ2n) is 6.34. The molecule has 1 atom stereocenters. The predicted octanol–water partition coefficient (Wildman–Crippen LogP) is 1.77. The highest BCUT2D eigenvalue weighted by atomic mass is 16.5. The molecule has 1 aliphatic rings. The van der Waals surface area contributed by atoms with E-state index in [-0.39, 0.29) is 17.8 Å². The first-order valence-electron chi connectivity index (χ1n) is 8.93. The van der Waals surface area contributed by atoms with Gasteiger partial charge in [-0.3, -0.25) is 14.5 Å². The van der Waals surface area contributed by atoms with Gasteiger partial charge >= 0.3 is 5.97 Å². The zero-order chi connectivity index (χ0) is 18.1. The van der Waals surface area contributed by atoms with Gasteiger partial charge in [-0.25, -0.2) is 0 Å². The first-order chi connectivity index (χ1) is 12.1. The molecule has 0 spiro atoms. The number of amides is 1. The zero-order valence-corrected chi connectivity index (χ0v) is 15.1. The van der Waals surface area contributed by atoms with Crippen molar-refractivity contribution >= 4 is 11.9 Å². The Labute approximate surface area is 149 Å². The Balaban J connectivity index is 1.65. The lowest BCUT2D eigenvalue weighted by atomic mass is 9.98. The topological polar surface area (TPSA) is 67.9 Å². The third-order valence-corrected chi connectivity index (χ3v) is 4.18. The summed E-state index contributed by atoms with van der Waals surface area (Å²) >= 11 is 0. The third kappa shape index (κ3) is 6.74. The molecule has 6 nitrogen and oxygen atoms in total. The lowest BCUT2D eigenvalue weighted by Gasteiger charge is -2.30. The number of nitrogens with one attached hydrogen (secondary N) is 1. The van der Waals surface area contributed by atoms with E-state index < -0.39 is 0 Å². The van der Waals surface area contributed by atoms with Crippen LogP contribution in [0.15, 0.2) is 24.3 Å². The van der Waals surface area contributed by atoms with Gasteiger partial charge in [0.15, 0.2) is 0 Å². The molecule has 0 bridgehead atoms. The molecule has 1 N–H and O–H groups in total. The Kier molecular flexibility index (Phi) is 7.73. The average Bonchev–Trinajstić information content (AvgIpc) is 2.59. The van der Waals surface area contributed by atoms with Gasteiger partial charge in [0.25, 0.3) is 0 Å². The van der Waals surface area contributed by atoms with Gasteiger partial charge in [0, 0.05) is 6.54 Å². The van der Waals surface area contributed by atoms with Crippen LogP contribution in [0, 0.1) is 12.8 Å². The lowest BCUT2D eigenvalue weighted by molar-refractivity contribution is -0.150. The summed E-state index contributed by atoms with van der Waals surface area (Å²) in [4.78, 5) is 25.9. The average molecular weight is 348 g/mol. The van der Waals surface area contributed by atoms with Crippen molar-refractivity contribution < 1.29 is 19.1 Å². The number of rotatable bonds is 8. The first-order valence-corrected chi connectivity index (χ1v) is 8.93. The number of esters is 1. The highest BCUT2D eigenvalue weighted by Crippen LogP contribution is 2.17. The number of hydrogen-bond donors (Lipinski definition) is 1. The van der Waals surface area contributed by atoms with Crippen LogP contribution < -0.4 is 10.1 Å². The Morgan fingerprint density at radius 2 is 2.20 bits per heavy atom. The van der Waals surface area contributed by atoms with Gasteiger partial charge in [-0.15, -0.1) is 0 Å². The summed E-state index contributed by atoms with van der Waals surface area (Å²) in [6, 6.07) is 7.82. The molecule has 1 heterocycles. The van der Waals surface area contributed by atoms with Crippen LogP contribution in [-0.4, -0.2) is 56.2 Å². The smallest absolute Gasteiger partial charge is 0.310 e. The van der Waals surface area contributed by atoms with E-state index in [9.17, 15) is 9.59 Å². The van der Waals surface area contributed by atoms with Crippen molar-refractivity contribution in [2.75, 3.05) is 39.4 Å². The molecule has 138 valence electrons. The van der Waals surface area contributed by atoms with E-state index in [0.717, 1.165) is 30.7 Å². The van der Waals surface area contributed by atoms with Gasteiger partial charge < -0.3 is 14.8 Å². The second-order valence-corrected chi connectivity index (χ2v) is 6.34. The van der Waals surface area contributed by atoms with E-state index in [1.807, 2.05) is 43.0 Å². The molecule has 1 aromatic carbocycles. The SMILES string of the molecule is CCOC(=O)[C@@H]1CCCN(CC(=O)NCCOc2cccc(C)c2)C1. The van der Waals surface area contributed by atoms with Gasteiger partial charge in [0.1, 0.15) is 12.4 Å². The van der Waals surface area contributed by atoms with Crippen molar-refractivity contribution in [3.8, 4) is 5.75 Å². The number of piperidine rings is 1. The van der Waals surface area contributed by atoms with E-state index in [1.165, 1.54) is 0 Å². The van der Waals surface area contributed by atoms with Crippen LogP contribution in [0.25, 0.3) is 0 Å². The molecule has 1 saturated heterocycles. The number of aryl methyl sites for hydroxylation is 1. The van der Waals surface area contributed by atoms with E-state index >= 15 is 0 Å². The van der Waals surface area contributed by atoms with E-state index in [2.05, 4.69) is 5.32 Å². The number of carbonyl (C=O) groups excluding carboxylic acids is 2. The van der Waals surface area contributed by atoms with E-state index in [0.29, 0.717) is 32.8 Å². The van der Waals surface area contributed by atoms with Crippen LogP contribution in [0.3, 0.4) is 0 Å². The number of nitrogens with zero attached hydrogens (tertiary/aromatic N) is 1. The summed E-state index contributed by atoms with van der Waals surface area (Å²) in [5, 5.41) is 2.86. The van der Waals surface area contributed by atoms with Crippen molar-refractivity contribution in [2.24, 2.45) is 5.92 Å². The molecule has 0 aromatic heterocycles. The molecular formula is C19H28N2O4. The minimum atomic E-state index is -0.154. The van der Waals surface area contributed by atoms with E-state index in [1.54, 1.807) is 0 Å². The quantitative estimate of drug-likeness (QED) is 0.573. The molecule has 0 radical (unpaired) electrons. The number of ether oxygens (including phenoxy) is 2. The maximum absolute atomic E-state index is 12.1. The second kappa shape index (κ2) is 10.0. The van der Waals surface area contributed by atoms with Crippen LogP contribution in [0.5, 0.6) is 5.75 Å². The van der Waals surface area contributed by atoms with Gasteiger partial charge in [-0.1, -0.05) is 12.1 Å². The summed E-state index contributed by atoms with van der Waals surface area (Å²) < 4.78 is 10.7. The summed E-state index contributed by atoms with van der Waals surface area (Å²) in [6.07, 6.45) is 1.74. The van der Waals surface area contributed by atoms with E-state index in [4.69, 9.17) is 9.47 Å². The molecule has 1 amide bonds. The fourth-order valence-electron chi connectivity index (χ4n) is 2.98. The summed E-state index contributed by atoms with van der Waals surface area (Å²) in [5.74, 6) is 0.491. The van der Waals surface area contributed by atoms with Gasteiger partial charge in [-0.05, 0) is 50.9 Å². The fraction of sp³-hybridized carbons (Fsp3) is 0.579. The normalized spacial score (nSPS) is 17.8. The molecule has 1 fully saturated rings. The van der Waals surface area contributed by atoms with Crippen molar-refractivity contribution in [1.82, 2.24) is 10.2 Å². The number of likely N-dealkylation sites (tertiary alicyclic amines) is 1. The molecule has 0 saturated carbocycles. The van der Waals surface area contributed by atoms with Crippen molar-refractivity contribution in [1.29, 1.82) is 0 Å². The highest BCUT2D eigenvalue weighted by Gasteiger charge is 2.27. The monoisotopic (exact) mass is 348 g/mol. The third-order valence-electron chi connectivity index (χ3n) is 4.18. The molecule has 0 unspecified atom stereocenters. The zero-order valence-electron chi connectivity index (χ0n) is 15.1. The maximum Gasteiger partial charge on any atom is 0.310 e. The maximum atomic E-state index is 12.1. The largest absolute Gasteiger partial charge is 0.492 e.